The van der Waals surface area contributed by atoms with E-state index in [-0.39, 0.29) is 12.4 Å². The van der Waals surface area contributed by atoms with Crippen LogP contribution in [0.25, 0.3) is 22.2 Å². The van der Waals surface area contributed by atoms with Crippen molar-refractivity contribution in [1.82, 2.24) is 34.9 Å². The van der Waals surface area contributed by atoms with Crippen molar-refractivity contribution in [2.75, 3.05) is 38.1 Å². The van der Waals surface area contributed by atoms with Gasteiger partial charge in [0.15, 0.2) is 5.75 Å². The first-order valence-electron chi connectivity index (χ1n) is 12.4. The first kappa shape index (κ1) is 25.9. The average molecular weight is 511 g/mol. The molecular formula is C26H35ClN8O. The van der Waals surface area contributed by atoms with Gasteiger partial charge < -0.3 is 20.4 Å². The van der Waals surface area contributed by atoms with Crippen LogP contribution in [0.3, 0.4) is 0 Å². The van der Waals surface area contributed by atoms with E-state index in [9.17, 15) is 0 Å². The van der Waals surface area contributed by atoms with Crippen LogP contribution in [0.5, 0.6) is 5.75 Å². The molecule has 0 aliphatic carbocycles. The third-order valence-electron chi connectivity index (χ3n) is 6.12. The lowest BCUT2D eigenvalue weighted by Crippen LogP contribution is -2.42. The van der Waals surface area contributed by atoms with Gasteiger partial charge in [-0.1, -0.05) is 13.8 Å². The number of anilines is 2. The molecular weight excluding hydrogens is 476 g/mol. The molecule has 3 aromatic heterocycles. The van der Waals surface area contributed by atoms with Crippen molar-refractivity contribution >= 4 is 35.2 Å². The lowest BCUT2D eigenvalue weighted by atomic mass is 10.1. The molecule has 4 aromatic rings. The highest BCUT2D eigenvalue weighted by Gasteiger charge is 2.17. The van der Waals surface area contributed by atoms with Gasteiger partial charge >= 0.3 is 0 Å². The molecule has 5 rings (SSSR count). The van der Waals surface area contributed by atoms with Crippen LogP contribution in [0.4, 0.5) is 11.8 Å². The number of fused-ring (bicyclic) bond motifs is 1. The quantitative estimate of drug-likeness (QED) is 0.306. The minimum absolute atomic E-state index is 0. The van der Waals surface area contributed by atoms with Crippen molar-refractivity contribution < 1.29 is 4.74 Å². The van der Waals surface area contributed by atoms with Crippen LogP contribution in [0.2, 0.25) is 0 Å². The Bertz CT molecular complexity index is 1280. The van der Waals surface area contributed by atoms with E-state index in [0.29, 0.717) is 18.5 Å². The second kappa shape index (κ2) is 11.7. The molecule has 4 heterocycles. The lowest BCUT2D eigenvalue weighted by molar-refractivity contribution is 0.233. The number of H-pyrrole nitrogens is 1. The highest BCUT2D eigenvalue weighted by Crippen LogP contribution is 2.37. The number of benzene rings is 1. The van der Waals surface area contributed by atoms with Crippen LogP contribution in [0.15, 0.2) is 42.9 Å². The summed E-state index contributed by atoms with van der Waals surface area (Å²) in [6.07, 6.45) is 5.78. The van der Waals surface area contributed by atoms with Crippen LogP contribution in [-0.2, 0) is 13.1 Å². The number of aromatic amines is 1. The highest BCUT2D eigenvalue weighted by molar-refractivity contribution is 5.92. The Hall–Kier alpha value is -3.14. The van der Waals surface area contributed by atoms with Gasteiger partial charge in [-0.2, -0.15) is 5.10 Å². The second-order valence-electron chi connectivity index (χ2n) is 9.41. The molecule has 1 aliphatic heterocycles. The average Bonchev–Trinajstić information content (AvgIpc) is 3.50. The molecule has 0 bridgehead atoms. The summed E-state index contributed by atoms with van der Waals surface area (Å²) in [6.45, 7) is 12.9. The summed E-state index contributed by atoms with van der Waals surface area (Å²) in [5.74, 6) is 2.58. The fourth-order valence-electron chi connectivity index (χ4n) is 4.30. The van der Waals surface area contributed by atoms with E-state index >= 15 is 0 Å². The third-order valence-corrected chi connectivity index (χ3v) is 6.12. The molecule has 192 valence electrons. The molecule has 0 spiro atoms. The van der Waals surface area contributed by atoms with E-state index < -0.39 is 0 Å². The number of aryl methyl sites for hydroxylation is 1. The molecule has 0 radical (unpaired) electrons. The third kappa shape index (κ3) is 5.98. The zero-order valence-electron chi connectivity index (χ0n) is 21.1. The Morgan fingerprint density at radius 2 is 2.00 bits per heavy atom. The molecule has 9 nitrogen and oxygen atoms in total. The number of nitrogens with one attached hydrogen (secondary N) is 3. The number of hydrogen-bond acceptors (Lipinski definition) is 7. The molecule has 1 aliphatic rings. The number of piperazine rings is 1. The SMILES string of the molecule is CCn1cc(-c2ccc3[nH]c(Nc4cc(CN5CCNCC5)ccn4)nc3c2OCC(C)C)cn1.Cl. The van der Waals surface area contributed by atoms with Crippen LogP contribution in [0.1, 0.15) is 26.3 Å². The molecule has 0 unspecified atom stereocenters. The standard InChI is InChI=1S/C26H34N8O.ClH/c1-4-34-16-20(14-29-34)21-5-6-22-24(25(21)35-17-18(2)3)32-26(30-22)31-23-13-19(7-8-28-23)15-33-11-9-27-10-12-33;/h5-8,13-14,16,18,27H,4,9-12,15,17H2,1-3H3,(H2,28,30,31,32);1H. The fraction of sp³-hybridized carbons (Fsp3) is 0.423. The van der Waals surface area contributed by atoms with Crippen molar-refractivity contribution in [3.05, 3.63) is 48.4 Å². The van der Waals surface area contributed by atoms with Crippen molar-refractivity contribution in [2.45, 2.75) is 33.9 Å². The molecule has 1 aromatic carbocycles. The van der Waals surface area contributed by atoms with E-state index in [2.05, 4.69) is 69.6 Å². The number of imidazole rings is 1. The number of pyridine rings is 1. The number of hydrogen-bond donors (Lipinski definition) is 3. The van der Waals surface area contributed by atoms with Crippen LogP contribution >= 0.6 is 12.4 Å². The van der Waals surface area contributed by atoms with Gasteiger partial charge in [0, 0.05) is 62.8 Å². The second-order valence-corrected chi connectivity index (χ2v) is 9.41. The summed E-state index contributed by atoms with van der Waals surface area (Å²) >= 11 is 0. The Morgan fingerprint density at radius 1 is 1.17 bits per heavy atom. The van der Waals surface area contributed by atoms with E-state index in [4.69, 9.17) is 9.72 Å². The number of rotatable bonds is 9. The normalized spacial score (nSPS) is 14.2. The molecule has 3 N–H and O–H groups in total. The number of nitrogens with zero attached hydrogens (tertiary/aromatic N) is 5. The van der Waals surface area contributed by atoms with E-state index in [1.165, 1.54) is 5.56 Å². The molecule has 0 amide bonds. The Morgan fingerprint density at radius 3 is 2.75 bits per heavy atom. The van der Waals surface area contributed by atoms with E-state index in [0.717, 1.165) is 73.0 Å². The van der Waals surface area contributed by atoms with Crippen molar-refractivity contribution in [2.24, 2.45) is 5.92 Å². The molecule has 0 saturated carbocycles. The molecule has 1 fully saturated rings. The predicted molar refractivity (Wildman–Crippen MR) is 146 cm³/mol. The maximum absolute atomic E-state index is 6.30. The molecule has 1 saturated heterocycles. The van der Waals surface area contributed by atoms with Crippen LogP contribution < -0.4 is 15.4 Å². The summed E-state index contributed by atoms with van der Waals surface area (Å²) < 4.78 is 8.22. The lowest BCUT2D eigenvalue weighted by Gasteiger charge is -2.27. The Kier molecular flexibility index (Phi) is 8.45. The first-order chi connectivity index (χ1) is 17.1. The van der Waals surface area contributed by atoms with Gasteiger partial charge in [0.25, 0.3) is 0 Å². The van der Waals surface area contributed by atoms with Gasteiger partial charge in [0.1, 0.15) is 11.3 Å². The summed E-state index contributed by atoms with van der Waals surface area (Å²) in [5.41, 5.74) is 4.96. The first-order valence-corrected chi connectivity index (χ1v) is 12.4. The number of ether oxygens (including phenoxy) is 1. The van der Waals surface area contributed by atoms with Crippen LogP contribution in [-0.4, -0.2) is 62.4 Å². The topological polar surface area (TPSA) is 95.9 Å². The minimum atomic E-state index is 0. The van der Waals surface area contributed by atoms with Gasteiger partial charge in [-0.15, -0.1) is 12.4 Å². The van der Waals surface area contributed by atoms with Crippen LogP contribution in [0, 0.1) is 5.92 Å². The fourth-order valence-corrected chi connectivity index (χ4v) is 4.30. The van der Waals surface area contributed by atoms with Gasteiger partial charge in [-0.05, 0) is 42.7 Å². The van der Waals surface area contributed by atoms with E-state index in [1.54, 1.807) is 0 Å². The smallest absolute Gasteiger partial charge is 0.207 e. The summed E-state index contributed by atoms with van der Waals surface area (Å²) in [7, 11) is 0. The monoisotopic (exact) mass is 510 g/mol. The summed E-state index contributed by atoms with van der Waals surface area (Å²) in [6, 6.07) is 8.29. The number of halogens is 1. The summed E-state index contributed by atoms with van der Waals surface area (Å²) in [4.78, 5) is 15.2. The minimum Gasteiger partial charge on any atom is -0.490 e. The maximum Gasteiger partial charge on any atom is 0.207 e. The van der Waals surface area contributed by atoms with Gasteiger partial charge in [0.2, 0.25) is 5.95 Å². The van der Waals surface area contributed by atoms with Crippen molar-refractivity contribution in [1.29, 1.82) is 0 Å². The van der Waals surface area contributed by atoms with E-state index in [1.807, 2.05) is 29.3 Å². The number of aromatic nitrogens is 5. The van der Waals surface area contributed by atoms with Gasteiger partial charge in [-0.3, -0.25) is 9.58 Å². The highest BCUT2D eigenvalue weighted by atomic mass is 35.5. The molecule has 36 heavy (non-hydrogen) atoms. The van der Waals surface area contributed by atoms with Gasteiger partial charge in [-0.25, -0.2) is 9.97 Å². The zero-order valence-corrected chi connectivity index (χ0v) is 21.9. The van der Waals surface area contributed by atoms with Crippen molar-refractivity contribution in [3.8, 4) is 16.9 Å². The van der Waals surface area contributed by atoms with Crippen molar-refractivity contribution in [3.63, 3.8) is 0 Å². The maximum atomic E-state index is 6.30. The van der Waals surface area contributed by atoms with Gasteiger partial charge in [0.05, 0.1) is 18.3 Å². The zero-order chi connectivity index (χ0) is 24.2. The summed E-state index contributed by atoms with van der Waals surface area (Å²) in [5, 5.41) is 11.2. The predicted octanol–water partition coefficient (Wildman–Crippen LogP) is 4.45. The Balaban J connectivity index is 0.00000304. The Labute approximate surface area is 218 Å². The molecule has 10 heteroatoms. The molecule has 0 atom stereocenters. The largest absolute Gasteiger partial charge is 0.490 e.